The predicted molar refractivity (Wildman–Crippen MR) is 88.0 cm³/mol. The number of hydrogen-bond donors (Lipinski definition) is 2. The summed E-state index contributed by atoms with van der Waals surface area (Å²) in [5.74, 6) is 1.41. The van der Waals surface area contributed by atoms with Gasteiger partial charge in [-0.25, -0.2) is 4.98 Å². The second-order valence-electron chi connectivity index (χ2n) is 6.80. The van der Waals surface area contributed by atoms with Crippen molar-refractivity contribution in [2.24, 2.45) is 5.92 Å². The third kappa shape index (κ3) is 3.97. The predicted octanol–water partition coefficient (Wildman–Crippen LogP) is 2.12. The van der Waals surface area contributed by atoms with Gasteiger partial charge in [0, 0.05) is 31.4 Å². The molecule has 1 aliphatic heterocycles. The molecule has 1 aliphatic carbocycles. The summed E-state index contributed by atoms with van der Waals surface area (Å²) in [5, 5.41) is 6.37. The summed E-state index contributed by atoms with van der Waals surface area (Å²) in [5.41, 5.74) is 0.639. The molecule has 2 heterocycles. The number of anilines is 1. The maximum absolute atomic E-state index is 12.2. The standard InChI is InChI=1S/C17H26N4O/c1-12(2)21-8-7-13(11-21)9-19-17(22)14-3-6-16(18-10-14)20-15-4-5-15/h3,6,10,12-13,15H,4-5,7-9,11H2,1-2H3,(H,18,20)(H,19,22)/t13-/m1/s1. The number of carbonyl (C=O) groups is 1. The Morgan fingerprint density at radius 1 is 1.36 bits per heavy atom. The Bertz CT molecular complexity index is 510. The van der Waals surface area contributed by atoms with Crippen molar-refractivity contribution in [1.82, 2.24) is 15.2 Å². The molecule has 0 spiro atoms. The van der Waals surface area contributed by atoms with E-state index in [0.29, 0.717) is 23.6 Å². The molecule has 1 aromatic rings. The number of aromatic nitrogens is 1. The van der Waals surface area contributed by atoms with E-state index >= 15 is 0 Å². The lowest BCUT2D eigenvalue weighted by Gasteiger charge is -2.20. The van der Waals surface area contributed by atoms with Crippen LogP contribution in [-0.2, 0) is 0 Å². The average molecular weight is 302 g/mol. The highest BCUT2D eigenvalue weighted by Gasteiger charge is 2.24. The maximum Gasteiger partial charge on any atom is 0.252 e. The second-order valence-corrected chi connectivity index (χ2v) is 6.80. The minimum atomic E-state index is -0.0199. The van der Waals surface area contributed by atoms with Crippen molar-refractivity contribution in [3.8, 4) is 0 Å². The van der Waals surface area contributed by atoms with Crippen molar-refractivity contribution < 1.29 is 4.79 Å². The molecule has 5 nitrogen and oxygen atoms in total. The topological polar surface area (TPSA) is 57.3 Å². The molecule has 0 radical (unpaired) electrons. The Balaban J connectivity index is 1.45. The summed E-state index contributed by atoms with van der Waals surface area (Å²) in [6.45, 7) is 7.43. The molecule has 120 valence electrons. The van der Waals surface area contributed by atoms with Crippen LogP contribution in [0.3, 0.4) is 0 Å². The first-order chi connectivity index (χ1) is 10.6. The fourth-order valence-electron chi connectivity index (χ4n) is 2.89. The SMILES string of the molecule is CC(C)N1CC[C@H](CNC(=O)c2ccc(NC3CC3)nc2)C1. The Hall–Kier alpha value is -1.62. The molecule has 2 aliphatic rings. The van der Waals surface area contributed by atoms with Crippen LogP contribution >= 0.6 is 0 Å². The van der Waals surface area contributed by atoms with E-state index in [1.54, 1.807) is 6.20 Å². The molecular formula is C17H26N4O. The summed E-state index contributed by atoms with van der Waals surface area (Å²) >= 11 is 0. The number of amides is 1. The number of pyridine rings is 1. The van der Waals surface area contributed by atoms with E-state index in [4.69, 9.17) is 0 Å². The van der Waals surface area contributed by atoms with Gasteiger partial charge in [0.25, 0.3) is 5.91 Å². The van der Waals surface area contributed by atoms with Gasteiger partial charge < -0.3 is 15.5 Å². The number of likely N-dealkylation sites (tertiary alicyclic amines) is 1. The molecule has 0 aromatic carbocycles. The van der Waals surface area contributed by atoms with Gasteiger partial charge in [-0.1, -0.05) is 0 Å². The minimum Gasteiger partial charge on any atom is -0.367 e. The Morgan fingerprint density at radius 3 is 2.77 bits per heavy atom. The van der Waals surface area contributed by atoms with Crippen molar-refractivity contribution in [2.75, 3.05) is 25.0 Å². The summed E-state index contributed by atoms with van der Waals surface area (Å²) in [4.78, 5) is 19.0. The van der Waals surface area contributed by atoms with E-state index < -0.39 is 0 Å². The van der Waals surface area contributed by atoms with E-state index in [2.05, 4.69) is 34.4 Å². The third-order valence-corrected chi connectivity index (χ3v) is 4.55. The lowest BCUT2D eigenvalue weighted by Crippen LogP contribution is -2.33. The first-order valence-electron chi connectivity index (χ1n) is 8.36. The fraction of sp³-hybridized carbons (Fsp3) is 0.647. The van der Waals surface area contributed by atoms with Gasteiger partial charge >= 0.3 is 0 Å². The number of nitrogens with zero attached hydrogens (tertiary/aromatic N) is 2. The van der Waals surface area contributed by atoms with Crippen LogP contribution in [0.25, 0.3) is 0 Å². The van der Waals surface area contributed by atoms with Crippen LogP contribution in [0.4, 0.5) is 5.82 Å². The molecular weight excluding hydrogens is 276 g/mol. The molecule has 22 heavy (non-hydrogen) atoms. The van der Waals surface area contributed by atoms with Gasteiger partial charge in [-0.2, -0.15) is 0 Å². The molecule has 3 rings (SSSR count). The summed E-state index contributed by atoms with van der Waals surface area (Å²) in [7, 11) is 0. The van der Waals surface area contributed by atoms with Crippen molar-refractivity contribution >= 4 is 11.7 Å². The first-order valence-corrected chi connectivity index (χ1v) is 8.36. The molecule has 5 heteroatoms. The van der Waals surface area contributed by atoms with Gasteiger partial charge in [0.2, 0.25) is 0 Å². The zero-order valence-electron chi connectivity index (χ0n) is 13.5. The normalized spacial score (nSPS) is 22.0. The highest BCUT2D eigenvalue weighted by atomic mass is 16.1. The van der Waals surface area contributed by atoms with E-state index in [9.17, 15) is 4.79 Å². The van der Waals surface area contributed by atoms with E-state index in [0.717, 1.165) is 25.5 Å². The van der Waals surface area contributed by atoms with Crippen LogP contribution in [0.1, 0.15) is 43.5 Å². The van der Waals surface area contributed by atoms with Gasteiger partial charge in [0.1, 0.15) is 5.82 Å². The molecule has 1 amide bonds. The summed E-state index contributed by atoms with van der Waals surface area (Å²) < 4.78 is 0. The molecule has 0 bridgehead atoms. The quantitative estimate of drug-likeness (QED) is 0.845. The highest BCUT2D eigenvalue weighted by molar-refractivity contribution is 5.94. The number of carbonyl (C=O) groups excluding carboxylic acids is 1. The lowest BCUT2D eigenvalue weighted by atomic mass is 10.1. The van der Waals surface area contributed by atoms with Crippen molar-refractivity contribution in [1.29, 1.82) is 0 Å². The monoisotopic (exact) mass is 302 g/mol. The summed E-state index contributed by atoms with van der Waals surface area (Å²) in [6.07, 6.45) is 5.27. The molecule has 2 N–H and O–H groups in total. The fourth-order valence-corrected chi connectivity index (χ4v) is 2.89. The Morgan fingerprint density at radius 2 is 2.18 bits per heavy atom. The van der Waals surface area contributed by atoms with E-state index in [1.807, 2.05) is 12.1 Å². The molecule has 1 saturated carbocycles. The Kier molecular flexibility index (Phi) is 4.62. The van der Waals surface area contributed by atoms with Crippen molar-refractivity contribution in [2.45, 2.75) is 45.2 Å². The Labute approximate surface area is 132 Å². The van der Waals surface area contributed by atoms with Gasteiger partial charge in [-0.05, 0) is 57.7 Å². The number of rotatable bonds is 6. The largest absolute Gasteiger partial charge is 0.367 e. The summed E-state index contributed by atoms with van der Waals surface area (Å²) in [6, 6.07) is 4.92. The minimum absolute atomic E-state index is 0.0199. The van der Waals surface area contributed by atoms with Gasteiger partial charge in [-0.3, -0.25) is 4.79 Å². The highest BCUT2D eigenvalue weighted by Crippen LogP contribution is 2.23. The molecule has 2 fully saturated rings. The third-order valence-electron chi connectivity index (χ3n) is 4.55. The second kappa shape index (κ2) is 6.65. The smallest absolute Gasteiger partial charge is 0.252 e. The molecule has 0 unspecified atom stereocenters. The van der Waals surface area contributed by atoms with Crippen LogP contribution in [0.5, 0.6) is 0 Å². The van der Waals surface area contributed by atoms with E-state index in [1.165, 1.54) is 19.3 Å². The van der Waals surface area contributed by atoms with Crippen LogP contribution in [0, 0.1) is 5.92 Å². The van der Waals surface area contributed by atoms with Crippen LogP contribution in [0.15, 0.2) is 18.3 Å². The van der Waals surface area contributed by atoms with Crippen LogP contribution < -0.4 is 10.6 Å². The van der Waals surface area contributed by atoms with E-state index in [-0.39, 0.29) is 5.91 Å². The lowest BCUT2D eigenvalue weighted by molar-refractivity contribution is 0.0947. The first kappa shape index (κ1) is 15.3. The van der Waals surface area contributed by atoms with Crippen LogP contribution in [0.2, 0.25) is 0 Å². The van der Waals surface area contributed by atoms with Gasteiger partial charge in [0.15, 0.2) is 0 Å². The maximum atomic E-state index is 12.2. The molecule has 1 atom stereocenters. The average Bonchev–Trinajstić information content (AvgIpc) is 3.19. The molecule has 1 aromatic heterocycles. The van der Waals surface area contributed by atoms with Gasteiger partial charge in [0.05, 0.1) is 5.56 Å². The number of nitrogens with one attached hydrogen (secondary N) is 2. The van der Waals surface area contributed by atoms with Crippen molar-refractivity contribution in [3.63, 3.8) is 0 Å². The number of hydrogen-bond acceptors (Lipinski definition) is 4. The zero-order valence-corrected chi connectivity index (χ0v) is 13.5. The van der Waals surface area contributed by atoms with Crippen molar-refractivity contribution in [3.05, 3.63) is 23.9 Å². The van der Waals surface area contributed by atoms with Crippen LogP contribution in [-0.4, -0.2) is 47.5 Å². The zero-order chi connectivity index (χ0) is 15.5. The molecule has 1 saturated heterocycles. The van der Waals surface area contributed by atoms with Gasteiger partial charge in [-0.15, -0.1) is 0 Å².